The molecule has 0 aromatic rings. The lowest BCUT2D eigenvalue weighted by Crippen LogP contribution is -2.72. The molecule has 0 aromatic heterocycles. The molecular weight excluding hydrogens is 402 g/mol. The van der Waals surface area contributed by atoms with Crippen LogP contribution in [0.3, 0.4) is 0 Å². The normalized spacial score (nSPS) is 20.4. The van der Waals surface area contributed by atoms with Gasteiger partial charge in [-0.3, -0.25) is 14.6 Å². The lowest BCUT2D eigenvalue weighted by Gasteiger charge is -2.62. The molecule has 7 nitrogen and oxygen atoms in total. The maximum atomic E-state index is 12.5. The lowest BCUT2D eigenvalue weighted by atomic mass is 9.65. The predicted molar refractivity (Wildman–Crippen MR) is 132 cm³/mol. The summed E-state index contributed by atoms with van der Waals surface area (Å²) in [5, 5.41) is 3.44. The maximum Gasteiger partial charge on any atom is 0.222 e. The number of nitrogens with zero attached hydrogens (tertiary/aromatic N) is 4. The van der Waals surface area contributed by atoms with E-state index in [0.717, 1.165) is 44.9 Å². The molecule has 0 atom stereocenters. The second-order valence-electron chi connectivity index (χ2n) is 10.9. The molecule has 0 spiro atoms. The van der Waals surface area contributed by atoms with Crippen LogP contribution in [0, 0.1) is 11.3 Å². The number of hydrogen-bond acceptors (Lipinski definition) is 3. The van der Waals surface area contributed by atoms with E-state index in [-0.39, 0.29) is 22.8 Å². The number of carbonyl (C=O) groups excluding carboxylic acids is 2. The van der Waals surface area contributed by atoms with Crippen molar-refractivity contribution in [2.75, 3.05) is 45.8 Å². The van der Waals surface area contributed by atoms with Crippen LogP contribution < -0.4 is 5.32 Å². The summed E-state index contributed by atoms with van der Waals surface area (Å²) in [6, 6.07) is 0. The fourth-order valence-electron chi connectivity index (χ4n) is 4.39. The van der Waals surface area contributed by atoms with Crippen molar-refractivity contribution in [3.8, 4) is 0 Å². The second-order valence-corrected chi connectivity index (χ2v) is 10.9. The van der Waals surface area contributed by atoms with Crippen molar-refractivity contribution in [3.63, 3.8) is 0 Å². The first-order valence-corrected chi connectivity index (χ1v) is 12.6. The van der Waals surface area contributed by atoms with Gasteiger partial charge in [0.2, 0.25) is 11.8 Å². The Labute approximate surface area is 196 Å². The van der Waals surface area contributed by atoms with Crippen LogP contribution in [0.5, 0.6) is 0 Å². The Morgan fingerprint density at radius 1 is 0.938 bits per heavy atom. The van der Waals surface area contributed by atoms with Crippen LogP contribution in [0.4, 0.5) is 0 Å². The Bertz CT molecular complexity index is 663. The molecule has 7 heteroatoms. The minimum Gasteiger partial charge on any atom is -0.356 e. The van der Waals surface area contributed by atoms with E-state index in [1.165, 1.54) is 0 Å². The third-order valence-electron chi connectivity index (χ3n) is 7.35. The maximum absolute atomic E-state index is 12.5. The van der Waals surface area contributed by atoms with Gasteiger partial charge < -0.3 is 20.0 Å². The fourth-order valence-corrected chi connectivity index (χ4v) is 4.39. The number of nitrogens with one attached hydrogen (secondary N) is 1. The van der Waals surface area contributed by atoms with E-state index in [4.69, 9.17) is 4.99 Å². The predicted octanol–water partition coefficient (Wildman–Crippen LogP) is 3.35. The summed E-state index contributed by atoms with van der Waals surface area (Å²) in [4.78, 5) is 35.8. The molecule has 0 bridgehead atoms. The molecule has 1 N–H and O–H groups in total. The molecule has 2 saturated heterocycles. The largest absolute Gasteiger partial charge is 0.356 e. The molecule has 32 heavy (non-hydrogen) atoms. The van der Waals surface area contributed by atoms with Crippen LogP contribution >= 0.6 is 0 Å². The summed E-state index contributed by atoms with van der Waals surface area (Å²) in [6.07, 6.45) is 4.10. The van der Waals surface area contributed by atoms with Gasteiger partial charge in [-0.1, -0.05) is 34.1 Å². The molecule has 0 aromatic carbocycles. The van der Waals surface area contributed by atoms with Crippen molar-refractivity contribution in [1.29, 1.82) is 0 Å². The third-order valence-corrected chi connectivity index (χ3v) is 7.35. The van der Waals surface area contributed by atoms with E-state index < -0.39 is 0 Å². The minimum atomic E-state index is 0.101. The van der Waals surface area contributed by atoms with E-state index in [1.54, 1.807) is 0 Å². The summed E-state index contributed by atoms with van der Waals surface area (Å²) < 4.78 is 0. The molecule has 2 aliphatic heterocycles. The molecule has 0 radical (unpaired) electrons. The Kier molecular flexibility index (Phi) is 9.40. The SMILES string of the molecule is CCNC(=NCCCCCC(=O)N1CCN(C(=O)CC(C)C)CC1)N1CC(C)(C)C1(C)C. The summed E-state index contributed by atoms with van der Waals surface area (Å²) in [7, 11) is 0. The summed E-state index contributed by atoms with van der Waals surface area (Å²) >= 11 is 0. The Morgan fingerprint density at radius 2 is 1.53 bits per heavy atom. The van der Waals surface area contributed by atoms with Crippen molar-refractivity contribution < 1.29 is 9.59 Å². The van der Waals surface area contributed by atoms with Gasteiger partial charge in [-0.25, -0.2) is 0 Å². The molecule has 2 heterocycles. The number of piperazine rings is 1. The smallest absolute Gasteiger partial charge is 0.222 e. The van der Waals surface area contributed by atoms with Crippen molar-refractivity contribution in [1.82, 2.24) is 20.0 Å². The molecule has 0 saturated carbocycles. The van der Waals surface area contributed by atoms with Gasteiger partial charge in [-0.2, -0.15) is 0 Å². The summed E-state index contributed by atoms with van der Waals surface area (Å²) in [5.74, 6) is 1.83. The van der Waals surface area contributed by atoms with Gasteiger partial charge in [0.15, 0.2) is 5.96 Å². The standard InChI is InChI=1S/C25H47N5O2/c1-8-26-23(30-19-24(4,5)25(30,6)7)27-13-11-9-10-12-21(31)28-14-16-29(17-15-28)22(32)18-20(2)3/h20H,8-19H2,1-7H3,(H,26,27). The molecular formula is C25H47N5O2. The first-order valence-electron chi connectivity index (χ1n) is 12.6. The highest BCUT2D eigenvalue weighted by molar-refractivity contribution is 5.82. The fraction of sp³-hybridized carbons (Fsp3) is 0.880. The van der Waals surface area contributed by atoms with Crippen LogP contribution in [0.15, 0.2) is 4.99 Å². The van der Waals surface area contributed by atoms with E-state index in [1.807, 2.05) is 9.80 Å². The minimum absolute atomic E-state index is 0.101. The van der Waals surface area contributed by atoms with Crippen molar-refractivity contribution in [3.05, 3.63) is 0 Å². The molecule has 0 unspecified atom stereocenters. The highest BCUT2D eigenvalue weighted by atomic mass is 16.2. The number of hydrogen-bond donors (Lipinski definition) is 1. The zero-order valence-electron chi connectivity index (χ0n) is 21.7. The monoisotopic (exact) mass is 449 g/mol. The highest BCUT2D eigenvalue weighted by Crippen LogP contribution is 2.46. The number of guanidine groups is 1. The molecule has 2 aliphatic rings. The van der Waals surface area contributed by atoms with Gasteiger partial charge in [-0.15, -0.1) is 0 Å². The molecule has 0 aliphatic carbocycles. The molecule has 184 valence electrons. The average molecular weight is 450 g/mol. The van der Waals surface area contributed by atoms with Crippen molar-refractivity contribution in [2.45, 2.75) is 86.1 Å². The van der Waals surface area contributed by atoms with Gasteiger partial charge in [0, 0.05) is 69.6 Å². The van der Waals surface area contributed by atoms with E-state index >= 15 is 0 Å². The number of rotatable bonds is 9. The first-order chi connectivity index (χ1) is 15.0. The van der Waals surface area contributed by atoms with E-state index in [0.29, 0.717) is 44.9 Å². The summed E-state index contributed by atoms with van der Waals surface area (Å²) in [6.45, 7) is 20.8. The number of aliphatic imine (C=N–C) groups is 1. The van der Waals surface area contributed by atoms with Crippen LogP contribution in [0.25, 0.3) is 0 Å². The number of amides is 2. The van der Waals surface area contributed by atoms with Crippen molar-refractivity contribution >= 4 is 17.8 Å². The van der Waals surface area contributed by atoms with Crippen LogP contribution in [0.1, 0.15) is 80.6 Å². The third kappa shape index (κ3) is 6.61. The topological polar surface area (TPSA) is 68.2 Å². The Morgan fingerprint density at radius 3 is 2.03 bits per heavy atom. The lowest BCUT2D eigenvalue weighted by molar-refractivity contribution is -0.140. The van der Waals surface area contributed by atoms with Gasteiger partial charge in [0.25, 0.3) is 0 Å². The number of carbonyl (C=O) groups is 2. The number of unbranched alkanes of at least 4 members (excludes halogenated alkanes) is 2. The van der Waals surface area contributed by atoms with Crippen molar-refractivity contribution in [2.24, 2.45) is 16.3 Å². The van der Waals surface area contributed by atoms with Gasteiger partial charge in [0.05, 0.1) is 0 Å². The highest BCUT2D eigenvalue weighted by Gasteiger charge is 2.53. The average Bonchev–Trinajstić information content (AvgIpc) is 2.73. The quantitative estimate of drug-likeness (QED) is 0.333. The molecule has 2 amide bonds. The van der Waals surface area contributed by atoms with Gasteiger partial charge >= 0.3 is 0 Å². The molecule has 2 fully saturated rings. The molecule has 2 rings (SSSR count). The van der Waals surface area contributed by atoms with E-state index in [9.17, 15) is 9.59 Å². The van der Waals surface area contributed by atoms with Crippen LogP contribution in [0.2, 0.25) is 0 Å². The number of likely N-dealkylation sites (tertiary alicyclic amines) is 1. The van der Waals surface area contributed by atoms with E-state index in [2.05, 4.69) is 58.7 Å². The zero-order chi connectivity index (χ0) is 23.9. The van der Waals surface area contributed by atoms with Crippen LogP contribution in [-0.2, 0) is 9.59 Å². The van der Waals surface area contributed by atoms with Gasteiger partial charge in [0.1, 0.15) is 0 Å². The second kappa shape index (κ2) is 11.4. The summed E-state index contributed by atoms with van der Waals surface area (Å²) in [5.41, 5.74) is 0.389. The zero-order valence-corrected chi connectivity index (χ0v) is 21.7. The Hall–Kier alpha value is -1.79. The first kappa shape index (κ1) is 26.5. The van der Waals surface area contributed by atoms with Crippen LogP contribution in [-0.4, -0.2) is 83.8 Å². The Balaban J connectivity index is 1.66. The van der Waals surface area contributed by atoms with Gasteiger partial charge in [-0.05, 0) is 39.5 Å².